The van der Waals surface area contributed by atoms with Gasteiger partial charge in [-0.15, -0.1) is 0 Å². The molecule has 0 spiro atoms. The predicted octanol–water partition coefficient (Wildman–Crippen LogP) is 1.32. The van der Waals surface area contributed by atoms with Crippen LogP contribution in [-0.2, 0) is 4.79 Å². The summed E-state index contributed by atoms with van der Waals surface area (Å²) in [5.74, 6) is -0.190. The van der Waals surface area contributed by atoms with Crippen LogP contribution in [0.5, 0.6) is 0 Å². The fourth-order valence-electron chi connectivity index (χ4n) is 3.55. The first-order chi connectivity index (χ1) is 11.6. The summed E-state index contributed by atoms with van der Waals surface area (Å²) in [6.07, 6.45) is 2.98. The van der Waals surface area contributed by atoms with Crippen LogP contribution in [0.25, 0.3) is 10.9 Å². The SMILES string of the molecule is O=C(c1c[nH]c2ccccc12)N1CCC(N2C(=O)CNC2=O)CC1. The number of nitrogens with one attached hydrogen (secondary N) is 2. The third-order valence-corrected chi connectivity index (χ3v) is 4.81. The fourth-order valence-corrected chi connectivity index (χ4v) is 3.55. The topological polar surface area (TPSA) is 85.5 Å². The Balaban J connectivity index is 1.47. The number of likely N-dealkylation sites (tertiary alicyclic amines) is 1. The van der Waals surface area contributed by atoms with Crippen molar-refractivity contribution in [2.75, 3.05) is 19.6 Å². The van der Waals surface area contributed by atoms with Gasteiger partial charge in [-0.2, -0.15) is 0 Å². The van der Waals surface area contributed by atoms with Gasteiger partial charge in [-0.1, -0.05) is 18.2 Å². The molecule has 2 aromatic rings. The Morgan fingerprint density at radius 3 is 2.58 bits per heavy atom. The van der Waals surface area contributed by atoms with E-state index < -0.39 is 0 Å². The molecule has 0 aliphatic carbocycles. The van der Waals surface area contributed by atoms with E-state index in [1.165, 1.54) is 4.90 Å². The second kappa shape index (κ2) is 5.67. The van der Waals surface area contributed by atoms with Crippen LogP contribution in [-0.4, -0.2) is 58.3 Å². The second-order valence-corrected chi connectivity index (χ2v) is 6.19. The van der Waals surface area contributed by atoms with Gasteiger partial charge in [0.25, 0.3) is 5.91 Å². The van der Waals surface area contributed by atoms with Gasteiger partial charge in [-0.05, 0) is 18.9 Å². The first-order valence-electron chi connectivity index (χ1n) is 8.10. The standard InChI is InChI=1S/C17H18N4O3/c22-15-10-19-17(24)21(15)11-5-7-20(8-6-11)16(23)13-9-18-14-4-2-1-3-12(13)14/h1-4,9,11,18H,5-8,10H2,(H,19,24). The number of hydrogen-bond donors (Lipinski definition) is 2. The molecule has 2 N–H and O–H groups in total. The summed E-state index contributed by atoms with van der Waals surface area (Å²) in [5.41, 5.74) is 1.61. The third-order valence-electron chi connectivity index (χ3n) is 4.81. The van der Waals surface area contributed by atoms with Crippen molar-refractivity contribution in [1.82, 2.24) is 20.1 Å². The van der Waals surface area contributed by atoms with Crippen LogP contribution in [0.1, 0.15) is 23.2 Å². The van der Waals surface area contributed by atoms with Crippen molar-refractivity contribution in [2.24, 2.45) is 0 Å². The lowest BCUT2D eigenvalue weighted by Gasteiger charge is -2.35. The van der Waals surface area contributed by atoms with E-state index in [0.717, 1.165) is 10.9 Å². The van der Waals surface area contributed by atoms with E-state index in [2.05, 4.69) is 10.3 Å². The average molecular weight is 326 g/mol. The van der Waals surface area contributed by atoms with Crippen LogP contribution in [0.2, 0.25) is 0 Å². The zero-order chi connectivity index (χ0) is 16.7. The van der Waals surface area contributed by atoms with E-state index in [1.54, 1.807) is 11.1 Å². The zero-order valence-electron chi connectivity index (χ0n) is 13.1. The molecule has 0 saturated carbocycles. The van der Waals surface area contributed by atoms with Crippen LogP contribution >= 0.6 is 0 Å². The average Bonchev–Trinajstić information content (AvgIpc) is 3.18. The Kier molecular flexibility index (Phi) is 3.48. The number of amides is 4. The van der Waals surface area contributed by atoms with Gasteiger partial charge in [-0.25, -0.2) is 4.79 Å². The molecule has 0 atom stereocenters. The lowest BCUT2D eigenvalue weighted by molar-refractivity contribution is -0.127. The molecule has 2 aliphatic heterocycles. The fraction of sp³-hybridized carbons (Fsp3) is 0.353. The van der Waals surface area contributed by atoms with E-state index in [4.69, 9.17) is 0 Å². The summed E-state index contributed by atoms with van der Waals surface area (Å²) in [6.45, 7) is 1.16. The highest BCUT2D eigenvalue weighted by atomic mass is 16.2. The van der Waals surface area contributed by atoms with Crippen LogP contribution in [0, 0.1) is 0 Å². The molecule has 4 rings (SSSR count). The number of para-hydroxylation sites is 1. The number of piperidine rings is 1. The number of rotatable bonds is 2. The maximum absolute atomic E-state index is 12.8. The molecular weight excluding hydrogens is 308 g/mol. The molecule has 0 radical (unpaired) electrons. The van der Waals surface area contributed by atoms with Crippen molar-refractivity contribution < 1.29 is 14.4 Å². The quantitative estimate of drug-likeness (QED) is 0.816. The van der Waals surface area contributed by atoms with Gasteiger partial charge in [0, 0.05) is 36.2 Å². The number of H-pyrrole nitrogens is 1. The smallest absolute Gasteiger partial charge is 0.324 e. The largest absolute Gasteiger partial charge is 0.360 e. The molecule has 2 fully saturated rings. The molecule has 1 aromatic heterocycles. The number of urea groups is 1. The van der Waals surface area contributed by atoms with Crippen molar-refractivity contribution in [3.63, 3.8) is 0 Å². The first-order valence-corrected chi connectivity index (χ1v) is 8.10. The molecule has 124 valence electrons. The number of carbonyl (C=O) groups is 3. The highest BCUT2D eigenvalue weighted by Crippen LogP contribution is 2.23. The number of fused-ring (bicyclic) bond motifs is 1. The lowest BCUT2D eigenvalue weighted by Crippen LogP contribution is -2.49. The summed E-state index contributed by atoms with van der Waals surface area (Å²) >= 11 is 0. The number of aromatic amines is 1. The summed E-state index contributed by atoms with van der Waals surface area (Å²) in [4.78, 5) is 42.5. The molecular formula is C17H18N4O3. The summed E-state index contributed by atoms with van der Waals surface area (Å²) in [6, 6.07) is 7.27. The van der Waals surface area contributed by atoms with Crippen LogP contribution in [0.15, 0.2) is 30.5 Å². The van der Waals surface area contributed by atoms with Crippen molar-refractivity contribution in [3.05, 3.63) is 36.0 Å². The van der Waals surface area contributed by atoms with E-state index in [9.17, 15) is 14.4 Å². The molecule has 3 heterocycles. The van der Waals surface area contributed by atoms with Gasteiger partial charge >= 0.3 is 6.03 Å². The van der Waals surface area contributed by atoms with E-state index in [1.807, 2.05) is 24.3 Å². The van der Waals surface area contributed by atoms with Gasteiger partial charge in [0.05, 0.1) is 12.1 Å². The summed E-state index contributed by atoms with van der Waals surface area (Å²) in [7, 11) is 0. The summed E-state index contributed by atoms with van der Waals surface area (Å²) in [5, 5.41) is 3.46. The third kappa shape index (κ3) is 2.33. The van der Waals surface area contributed by atoms with Crippen LogP contribution < -0.4 is 5.32 Å². The zero-order valence-corrected chi connectivity index (χ0v) is 13.1. The van der Waals surface area contributed by atoms with E-state index >= 15 is 0 Å². The predicted molar refractivity (Wildman–Crippen MR) is 87.5 cm³/mol. The Morgan fingerprint density at radius 1 is 1.12 bits per heavy atom. The number of nitrogens with zero attached hydrogens (tertiary/aromatic N) is 2. The monoisotopic (exact) mass is 326 g/mol. The van der Waals surface area contributed by atoms with Crippen molar-refractivity contribution in [3.8, 4) is 0 Å². The lowest BCUT2D eigenvalue weighted by atomic mass is 10.0. The van der Waals surface area contributed by atoms with E-state index in [0.29, 0.717) is 31.5 Å². The van der Waals surface area contributed by atoms with Crippen LogP contribution in [0.4, 0.5) is 4.79 Å². The summed E-state index contributed by atoms with van der Waals surface area (Å²) < 4.78 is 0. The highest BCUT2D eigenvalue weighted by molar-refractivity contribution is 6.06. The molecule has 0 bridgehead atoms. The Labute approximate surface area is 138 Å². The molecule has 1 aromatic carbocycles. The van der Waals surface area contributed by atoms with Crippen molar-refractivity contribution >= 4 is 28.7 Å². The van der Waals surface area contributed by atoms with Gasteiger partial charge in [0.1, 0.15) is 0 Å². The molecule has 4 amide bonds. The first kappa shape index (κ1) is 14.7. The van der Waals surface area contributed by atoms with E-state index in [-0.39, 0.29) is 30.4 Å². The number of hydrogen-bond acceptors (Lipinski definition) is 3. The molecule has 2 saturated heterocycles. The maximum atomic E-state index is 12.8. The number of benzene rings is 1. The van der Waals surface area contributed by atoms with Gasteiger partial charge in [-0.3, -0.25) is 14.5 Å². The number of carbonyl (C=O) groups excluding carboxylic acids is 3. The maximum Gasteiger partial charge on any atom is 0.324 e. The molecule has 7 nitrogen and oxygen atoms in total. The number of aromatic nitrogens is 1. The minimum Gasteiger partial charge on any atom is -0.360 e. The molecule has 2 aliphatic rings. The Morgan fingerprint density at radius 2 is 1.88 bits per heavy atom. The molecule has 24 heavy (non-hydrogen) atoms. The molecule has 0 unspecified atom stereocenters. The second-order valence-electron chi connectivity index (χ2n) is 6.19. The number of imide groups is 1. The highest BCUT2D eigenvalue weighted by Gasteiger charge is 2.37. The molecule has 7 heteroatoms. The van der Waals surface area contributed by atoms with Crippen molar-refractivity contribution in [1.29, 1.82) is 0 Å². The van der Waals surface area contributed by atoms with Gasteiger partial charge in [0.2, 0.25) is 5.91 Å². The Bertz CT molecular complexity index is 804. The van der Waals surface area contributed by atoms with Gasteiger partial charge in [0.15, 0.2) is 0 Å². The van der Waals surface area contributed by atoms with Crippen molar-refractivity contribution in [2.45, 2.75) is 18.9 Å². The Hall–Kier alpha value is -2.83. The normalized spacial score (nSPS) is 19.2. The van der Waals surface area contributed by atoms with Crippen LogP contribution in [0.3, 0.4) is 0 Å². The minimum absolute atomic E-state index is 0.0110. The minimum atomic E-state index is -0.318. The van der Waals surface area contributed by atoms with Gasteiger partial charge < -0.3 is 15.2 Å².